The van der Waals surface area contributed by atoms with Gasteiger partial charge < -0.3 is 25.3 Å². The third kappa shape index (κ3) is 1.65. The van der Waals surface area contributed by atoms with Gasteiger partial charge in [0, 0.05) is 6.20 Å². The number of hydrogen-bond acceptors (Lipinski definition) is 7. The highest BCUT2D eigenvalue weighted by Crippen LogP contribution is 2.34. The van der Waals surface area contributed by atoms with Crippen molar-refractivity contribution in [1.82, 2.24) is 14.5 Å². The molecule has 0 unspecified atom stereocenters. The molecule has 1 saturated heterocycles. The Balaban J connectivity index is 2.19. The fourth-order valence-electron chi connectivity index (χ4n) is 2.44. The van der Waals surface area contributed by atoms with Gasteiger partial charge in [0.2, 0.25) is 0 Å². The molecule has 0 aliphatic carbocycles. The minimum Gasteiger partial charge on any atom is -0.388 e. The molecule has 0 spiro atoms. The second kappa shape index (κ2) is 4.42. The number of aliphatic hydroxyl groups is 2. The summed E-state index contributed by atoms with van der Waals surface area (Å²) in [5.41, 5.74) is 6.45. The Morgan fingerprint density at radius 2 is 2.15 bits per heavy atom. The Morgan fingerprint density at radius 3 is 2.75 bits per heavy atom. The first-order valence-corrected chi connectivity index (χ1v) is 6.07. The van der Waals surface area contributed by atoms with Crippen molar-refractivity contribution in [3.05, 3.63) is 18.1 Å². The number of ether oxygens (including phenoxy) is 1. The quantitative estimate of drug-likeness (QED) is 0.641. The molecule has 4 N–H and O–H groups in total. The molecule has 1 aliphatic rings. The van der Waals surface area contributed by atoms with Gasteiger partial charge in [-0.05, 0) is 6.92 Å². The highest BCUT2D eigenvalue weighted by Gasteiger charge is 2.42. The molecule has 3 rings (SSSR count). The van der Waals surface area contributed by atoms with Gasteiger partial charge in [-0.3, -0.25) is 0 Å². The Morgan fingerprint density at radius 1 is 1.40 bits per heavy atom. The smallest absolute Gasteiger partial charge is 0.164 e. The zero-order valence-corrected chi connectivity index (χ0v) is 10.6. The van der Waals surface area contributed by atoms with E-state index in [0.717, 1.165) is 0 Å². The number of fused-ring (bicyclic) bond motifs is 1. The van der Waals surface area contributed by atoms with Crippen LogP contribution < -0.4 is 5.73 Å². The molecule has 2 aromatic heterocycles. The average Bonchev–Trinajstić information content (AvgIpc) is 2.93. The summed E-state index contributed by atoms with van der Waals surface area (Å²) in [6.07, 6.45) is -0.674. The standard InChI is InChI=1S/C12H13N5O3/c1-5-8(18)9(19)12(20-5)17-3-6(2-13)7-10(14)15-4-16-11(7)17/h3-5,8-9,12,18-19H,1H3,(H2,14,15,16)/t5-,8-,9+,12-/m1/s1. The molecule has 2 aromatic rings. The molecule has 0 bridgehead atoms. The fourth-order valence-corrected chi connectivity index (χ4v) is 2.44. The summed E-state index contributed by atoms with van der Waals surface area (Å²) in [5.74, 6) is 0.186. The van der Waals surface area contributed by atoms with Crippen LogP contribution in [0.15, 0.2) is 12.5 Å². The van der Waals surface area contributed by atoms with E-state index in [4.69, 9.17) is 15.7 Å². The number of aliphatic hydroxyl groups excluding tert-OH is 2. The highest BCUT2D eigenvalue weighted by molar-refractivity contribution is 5.91. The van der Waals surface area contributed by atoms with E-state index in [1.54, 1.807) is 6.92 Å². The summed E-state index contributed by atoms with van der Waals surface area (Å²) in [7, 11) is 0. The number of nitrogens with zero attached hydrogens (tertiary/aromatic N) is 4. The zero-order chi connectivity index (χ0) is 14.4. The van der Waals surface area contributed by atoms with Gasteiger partial charge >= 0.3 is 0 Å². The summed E-state index contributed by atoms with van der Waals surface area (Å²) >= 11 is 0. The van der Waals surface area contributed by atoms with Crippen molar-refractivity contribution in [2.75, 3.05) is 5.73 Å². The molecule has 8 nitrogen and oxygen atoms in total. The molecule has 0 radical (unpaired) electrons. The number of aromatic nitrogens is 3. The number of anilines is 1. The topological polar surface area (TPSA) is 130 Å². The Labute approximate surface area is 114 Å². The maximum Gasteiger partial charge on any atom is 0.164 e. The first-order valence-electron chi connectivity index (χ1n) is 6.07. The van der Waals surface area contributed by atoms with E-state index in [2.05, 4.69) is 9.97 Å². The first-order chi connectivity index (χ1) is 9.54. The number of rotatable bonds is 1. The predicted octanol–water partition coefficient (Wildman–Crippen LogP) is -0.476. The predicted molar refractivity (Wildman–Crippen MR) is 68.3 cm³/mol. The lowest BCUT2D eigenvalue weighted by Crippen LogP contribution is -2.30. The van der Waals surface area contributed by atoms with Crippen LogP contribution in [-0.2, 0) is 4.74 Å². The summed E-state index contributed by atoms with van der Waals surface area (Å²) in [4.78, 5) is 7.94. The summed E-state index contributed by atoms with van der Waals surface area (Å²) in [5, 5.41) is 29.4. The van der Waals surface area contributed by atoms with Gasteiger partial charge in [0.15, 0.2) is 6.23 Å². The molecule has 3 heterocycles. The van der Waals surface area contributed by atoms with E-state index < -0.39 is 24.5 Å². The number of nitriles is 1. The Hall–Kier alpha value is -2.21. The van der Waals surface area contributed by atoms with E-state index in [1.807, 2.05) is 6.07 Å². The van der Waals surface area contributed by atoms with Crippen molar-refractivity contribution < 1.29 is 14.9 Å². The lowest BCUT2D eigenvalue weighted by atomic mass is 10.1. The summed E-state index contributed by atoms with van der Waals surface area (Å²) in [6, 6.07) is 2.01. The highest BCUT2D eigenvalue weighted by atomic mass is 16.6. The van der Waals surface area contributed by atoms with Gasteiger partial charge in [-0.15, -0.1) is 0 Å². The minimum absolute atomic E-state index is 0.186. The number of hydrogen-bond donors (Lipinski definition) is 3. The van der Waals surface area contributed by atoms with Crippen LogP contribution in [0.3, 0.4) is 0 Å². The van der Waals surface area contributed by atoms with Crippen LogP contribution in [0, 0.1) is 11.3 Å². The molecule has 104 valence electrons. The maximum atomic E-state index is 10.0. The van der Waals surface area contributed by atoms with Crippen molar-refractivity contribution in [3.63, 3.8) is 0 Å². The van der Waals surface area contributed by atoms with Crippen molar-refractivity contribution in [2.45, 2.75) is 31.5 Å². The van der Waals surface area contributed by atoms with Gasteiger partial charge in [-0.2, -0.15) is 5.26 Å². The monoisotopic (exact) mass is 275 g/mol. The molecule has 4 atom stereocenters. The van der Waals surface area contributed by atoms with Gasteiger partial charge in [-0.1, -0.05) is 0 Å². The van der Waals surface area contributed by atoms with E-state index in [-0.39, 0.29) is 5.82 Å². The third-order valence-electron chi connectivity index (χ3n) is 3.51. The van der Waals surface area contributed by atoms with Crippen molar-refractivity contribution >= 4 is 16.9 Å². The first kappa shape index (κ1) is 12.8. The number of nitrogens with two attached hydrogens (primary N) is 1. The van der Waals surface area contributed by atoms with Gasteiger partial charge in [0.05, 0.1) is 17.1 Å². The molecular formula is C12H13N5O3. The van der Waals surface area contributed by atoms with E-state index in [9.17, 15) is 10.2 Å². The molecule has 1 fully saturated rings. The molecule has 0 aromatic carbocycles. The third-order valence-corrected chi connectivity index (χ3v) is 3.51. The van der Waals surface area contributed by atoms with Crippen LogP contribution in [-0.4, -0.2) is 43.1 Å². The van der Waals surface area contributed by atoms with Crippen LogP contribution in [0.1, 0.15) is 18.7 Å². The average molecular weight is 275 g/mol. The molecule has 0 saturated carbocycles. The SMILES string of the molecule is C[C@H]1O[C@@H](n2cc(C#N)c3c(N)ncnc32)[C@@H](O)[C@@H]1O. The lowest BCUT2D eigenvalue weighted by molar-refractivity contribution is -0.0296. The Bertz CT molecular complexity index is 707. The summed E-state index contributed by atoms with van der Waals surface area (Å²) in [6.45, 7) is 1.66. The van der Waals surface area contributed by atoms with Crippen LogP contribution in [0.4, 0.5) is 5.82 Å². The van der Waals surface area contributed by atoms with Crippen LogP contribution in [0.5, 0.6) is 0 Å². The van der Waals surface area contributed by atoms with Crippen LogP contribution in [0.2, 0.25) is 0 Å². The van der Waals surface area contributed by atoms with Crippen LogP contribution in [0.25, 0.3) is 11.0 Å². The lowest BCUT2D eigenvalue weighted by Gasteiger charge is -2.17. The molecule has 20 heavy (non-hydrogen) atoms. The fraction of sp³-hybridized carbons (Fsp3) is 0.417. The molecule has 8 heteroatoms. The second-order valence-electron chi connectivity index (χ2n) is 4.73. The summed E-state index contributed by atoms with van der Waals surface area (Å²) < 4.78 is 7.03. The molecule has 1 aliphatic heterocycles. The second-order valence-corrected chi connectivity index (χ2v) is 4.73. The number of nitrogen functional groups attached to an aromatic ring is 1. The minimum atomic E-state index is -1.11. The van der Waals surface area contributed by atoms with E-state index in [1.165, 1.54) is 17.1 Å². The molecule has 0 amide bonds. The normalized spacial score (nSPS) is 29.7. The molecular weight excluding hydrogens is 262 g/mol. The van der Waals surface area contributed by atoms with Crippen molar-refractivity contribution in [1.29, 1.82) is 5.26 Å². The van der Waals surface area contributed by atoms with Gasteiger partial charge in [-0.25, -0.2) is 9.97 Å². The van der Waals surface area contributed by atoms with Crippen LogP contribution >= 0.6 is 0 Å². The van der Waals surface area contributed by atoms with Gasteiger partial charge in [0.25, 0.3) is 0 Å². The Kier molecular flexibility index (Phi) is 2.83. The van der Waals surface area contributed by atoms with E-state index in [0.29, 0.717) is 16.6 Å². The zero-order valence-electron chi connectivity index (χ0n) is 10.6. The van der Waals surface area contributed by atoms with Crippen molar-refractivity contribution in [2.24, 2.45) is 0 Å². The van der Waals surface area contributed by atoms with E-state index >= 15 is 0 Å². The largest absolute Gasteiger partial charge is 0.388 e. The maximum absolute atomic E-state index is 10.0. The van der Waals surface area contributed by atoms with Gasteiger partial charge in [0.1, 0.15) is 36.1 Å². The van der Waals surface area contributed by atoms with Crippen molar-refractivity contribution in [3.8, 4) is 6.07 Å².